The molecular weight excluding hydrogens is 405 g/mol. The fraction of sp³-hybridized carbons (Fsp3) is 0.750. The highest BCUT2D eigenvalue weighted by molar-refractivity contribution is 14.0. The molecule has 0 aromatic carbocycles. The molecule has 1 aromatic rings. The van der Waals surface area contributed by atoms with Crippen LogP contribution in [0.3, 0.4) is 0 Å². The lowest BCUT2D eigenvalue weighted by molar-refractivity contribution is 0.0625. The third kappa shape index (κ3) is 7.52. The number of nitrogens with one attached hydrogen (secondary N) is 1. The number of nitrogens with zero attached hydrogens (tertiary/aromatic N) is 4. The molecule has 0 unspecified atom stereocenters. The summed E-state index contributed by atoms with van der Waals surface area (Å²) in [5.74, 6) is 1.78. The third-order valence-electron chi connectivity index (χ3n) is 4.19. The summed E-state index contributed by atoms with van der Waals surface area (Å²) in [4.78, 5) is 6.60. The van der Waals surface area contributed by atoms with Crippen molar-refractivity contribution < 1.29 is 4.74 Å². The predicted molar refractivity (Wildman–Crippen MR) is 104 cm³/mol. The maximum atomic E-state index is 5.41. The van der Waals surface area contributed by atoms with Gasteiger partial charge >= 0.3 is 0 Å². The highest BCUT2D eigenvalue weighted by Gasteiger charge is 2.15. The highest BCUT2D eigenvalue weighted by atomic mass is 127. The number of aryl methyl sites for hydroxylation is 1. The third-order valence-corrected chi connectivity index (χ3v) is 4.19. The average molecular weight is 435 g/mol. The summed E-state index contributed by atoms with van der Waals surface area (Å²) in [5, 5.41) is 7.64. The van der Waals surface area contributed by atoms with Crippen LogP contribution in [0.4, 0.5) is 0 Å². The number of aliphatic imine (C=N–C) groups is 1. The molecule has 0 saturated carbocycles. The maximum Gasteiger partial charge on any atom is 0.193 e. The molecule has 2 rings (SSSR count). The van der Waals surface area contributed by atoms with Crippen molar-refractivity contribution in [3.8, 4) is 0 Å². The summed E-state index contributed by atoms with van der Waals surface area (Å²) in [6.45, 7) is 4.74. The first-order valence-corrected chi connectivity index (χ1v) is 8.26. The van der Waals surface area contributed by atoms with Crippen molar-refractivity contribution in [2.24, 2.45) is 10.9 Å². The van der Waals surface area contributed by atoms with Crippen LogP contribution in [0.2, 0.25) is 0 Å². The highest BCUT2D eigenvalue weighted by Crippen LogP contribution is 2.18. The van der Waals surface area contributed by atoms with E-state index < -0.39 is 0 Å². The van der Waals surface area contributed by atoms with Gasteiger partial charge in [-0.25, -0.2) is 0 Å². The van der Waals surface area contributed by atoms with E-state index >= 15 is 0 Å². The van der Waals surface area contributed by atoms with Gasteiger partial charge in [0.2, 0.25) is 0 Å². The number of rotatable bonds is 7. The predicted octanol–water partition coefficient (Wildman–Crippen LogP) is 2.22. The average Bonchev–Trinajstić information content (AvgIpc) is 3.07. The van der Waals surface area contributed by atoms with Crippen LogP contribution in [0.15, 0.2) is 23.5 Å². The second-order valence-electron chi connectivity index (χ2n) is 5.86. The Bertz CT molecular complexity index is 432. The van der Waals surface area contributed by atoms with Gasteiger partial charge in [0.15, 0.2) is 5.96 Å². The van der Waals surface area contributed by atoms with Gasteiger partial charge in [0.25, 0.3) is 0 Å². The number of hydrogen-bond donors (Lipinski definition) is 1. The second-order valence-corrected chi connectivity index (χ2v) is 5.86. The molecule has 1 saturated heterocycles. The Labute approximate surface area is 156 Å². The topological polar surface area (TPSA) is 54.7 Å². The SMILES string of the molecule is CN=C(NCCCn1cccn1)N(C)CCC1CCOCC1.I. The van der Waals surface area contributed by atoms with Gasteiger partial charge in [-0.2, -0.15) is 5.10 Å². The molecular formula is C16H30IN5O. The van der Waals surface area contributed by atoms with E-state index in [-0.39, 0.29) is 24.0 Å². The molecule has 2 heterocycles. The summed E-state index contributed by atoms with van der Waals surface area (Å²) in [6, 6.07) is 1.95. The summed E-state index contributed by atoms with van der Waals surface area (Å²) >= 11 is 0. The minimum Gasteiger partial charge on any atom is -0.381 e. The van der Waals surface area contributed by atoms with Crippen LogP contribution < -0.4 is 5.32 Å². The number of hydrogen-bond acceptors (Lipinski definition) is 3. The number of aromatic nitrogens is 2. The van der Waals surface area contributed by atoms with Gasteiger partial charge in [0.1, 0.15) is 0 Å². The molecule has 0 aliphatic carbocycles. The zero-order valence-corrected chi connectivity index (χ0v) is 16.6. The van der Waals surface area contributed by atoms with E-state index in [1.165, 1.54) is 19.3 Å². The van der Waals surface area contributed by atoms with Gasteiger partial charge < -0.3 is 15.0 Å². The molecule has 1 aromatic heterocycles. The Morgan fingerprint density at radius 1 is 1.43 bits per heavy atom. The first-order chi connectivity index (χ1) is 10.8. The molecule has 23 heavy (non-hydrogen) atoms. The Balaban J connectivity index is 0.00000264. The van der Waals surface area contributed by atoms with Crippen LogP contribution >= 0.6 is 24.0 Å². The van der Waals surface area contributed by atoms with E-state index in [2.05, 4.69) is 27.4 Å². The first kappa shape index (κ1) is 20.2. The minimum atomic E-state index is 0. The standard InChI is InChI=1S/C16H29N5O.HI/c1-17-16(18-8-3-10-21-11-4-9-19-21)20(2)12-5-15-6-13-22-14-7-15;/h4,9,11,15H,3,5-8,10,12-14H2,1-2H3,(H,17,18);1H. The van der Waals surface area contributed by atoms with Crippen LogP contribution in [0, 0.1) is 5.92 Å². The molecule has 1 aliphatic heterocycles. The van der Waals surface area contributed by atoms with Crippen LogP contribution in [0.1, 0.15) is 25.7 Å². The normalized spacial score (nSPS) is 16.0. The quantitative estimate of drug-likeness (QED) is 0.309. The van der Waals surface area contributed by atoms with E-state index in [4.69, 9.17) is 4.74 Å². The molecule has 7 heteroatoms. The van der Waals surface area contributed by atoms with Crippen LogP contribution in [-0.2, 0) is 11.3 Å². The van der Waals surface area contributed by atoms with Gasteiger partial charge in [0, 0.05) is 59.3 Å². The Morgan fingerprint density at radius 3 is 2.87 bits per heavy atom. The zero-order valence-electron chi connectivity index (χ0n) is 14.3. The van der Waals surface area contributed by atoms with Crippen molar-refractivity contribution in [2.45, 2.75) is 32.2 Å². The van der Waals surface area contributed by atoms with Crippen molar-refractivity contribution in [2.75, 3.05) is 40.4 Å². The molecule has 6 nitrogen and oxygen atoms in total. The molecule has 1 fully saturated rings. The first-order valence-electron chi connectivity index (χ1n) is 8.26. The van der Waals surface area contributed by atoms with E-state index in [0.29, 0.717) is 0 Å². The number of guanidine groups is 1. The van der Waals surface area contributed by atoms with Crippen LogP contribution in [0.5, 0.6) is 0 Å². The number of halogens is 1. The molecule has 0 bridgehead atoms. The fourth-order valence-electron chi connectivity index (χ4n) is 2.78. The van der Waals surface area contributed by atoms with Gasteiger partial charge in [-0.1, -0.05) is 0 Å². The van der Waals surface area contributed by atoms with Crippen molar-refractivity contribution >= 4 is 29.9 Å². The summed E-state index contributed by atoms with van der Waals surface area (Å²) in [5.41, 5.74) is 0. The van der Waals surface area contributed by atoms with E-state index in [9.17, 15) is 0 Å². The molecule has 1 aliphatic rings. The smallest absolute Gasteiger partial charge is 0.193 e. The van der Waals surface area contributed by atoms with Gasteiger partial charge in [-0.3, -0.25) is 9.67 Å². The minimum absolute atomic E-state index is 0. The van der Waals surface area contributed by atoms with Crippen molar-refractivity contribution in [1.29, 1.82) is 0 Å². The Hall–Kier alpha value is -0.830. The zero-order chi connectivity index (χ0) is 15.6. The second kappa shape index (κ2) is 11.7. The van der Waals surface area contributed by atoms with Gasteiger partial charge in [0.05, 0.1) is 0 Å². The fourth-order valence-corrected chi connectivity index (χ4v) is 2.78. The largest absolute Gasteiger partial charge is 0.381 e. The summed E-state index contributed by atoms with van der Waals surface area (Å²) in [7, 11) is 3.96. The molecule has 0 spiro atoms. The summed E-state index contributed by atoms with van der Waals surface area (Å²) < 4.78 is 7.37. The Kier molecular flexibility index (Phi) is 10.3. The maximum absolute atomic E-state index is 5.41. The lowest BCUT2D eigenvalue weighted by Crippen LogP contribution is -2.40. The monoisotopic (exact) mass is 435 g/mol. The summed E-state index contributed by atoms with van der Waals surface area (Å²) in [6.07, 6.45) is 8.46. The molecule has 1 N–H and O–H groups in total. The Morgan fingerprint density at radius 2 is 2.22 bits per heavy atom. The lowest BCUT2D eigenvalue weighted by Gasteiger charge is -2.26. The van der Waals surface area contributed by atoms with E-state index in [1.54, 1.807) is 0 Å². The van der Waals surface area contributed by atoms with Crippen molar-refractivity contribution in [3.63, 3.8) is 0 Å². The molecule has 0 radical (unpaired) electrons. The van der Waals surface area contributed by atoms with Crippen LogP contribution in [-0.4, -0.2) is 61.0 Å². The van der Waals surface area contributed by atoms with Crippen molar-refractivity contribution in [1.82, 2.24) is 20.0 Å². The molecule has 0 atom stereocenters. The van der Waals surface area contributed by atoms with E-state index in [0.717, 1.165) is 51.1 Å². The van der Waals surface area contributed by atoms with Crippen molar-refractivity contribution in [3.05, 3.63) is 18.5 Å². The number of ether oxygens (including phenoxy) is 1. The lowest BCUT2D eigenvalue weighted by atomic mass is 9.96. The van der Waals surface area contributed by atoms with Gasteiger partial charge in [-0.15, -0.1) is 24.0 Å². The van der Waals surface area contributed by atoms with Gasteiger partial charge in [-0.05, 0) is 37.7 Å². The van der Waals surface area contributed by atoms with E-state index in [1.807, 2.05) is 30.2 Å². The molecule has 0 amide bonds. The van der Waals surface area contributed by atoms with Crippen LogP contribution in [0.25, 0.3) is 0 Å². The molecule has 132 valence electrons.